The maximum atomic E-state index is 12.1. The molecule has 1 aliphatic heterocycles. The van der Waals surface area contributed by atoms with Gasteiger partial charge in [-0.1, -0.05) is 60.7 Å². The van der Waals surface area contributed by atoms with Gasteiger partial charge < -0.3 is 4.74 Å². The van der Waals surface area contributed by atoms with Gasteiger partial charge in [0, 0.05) is 0 Å². The first-order valence-electron chi connectivity index (χ1n) is 7.16. The molecule has 1 heterocycles. The Labute approximate surface area is 143 Å². The molecular formula is C18H16INO2. The number of benzene rings is 2. The summed E-state index contributed by atoms with van der Waals surface area (Å²) < 4.78 is 6.13. The number of cyclic esters (lactones) is 1. The maximum absolute atomic E-state index is 12.1. The lowest BCUT2D eigenvalue weighted by atomic mass is 10.1. The topological polar surface area (TPSA) is 29.5 Å². The summed E-state index contributed by atoms with van der Waals surface area (Å²) in [6, 6.07) is 20.2. The first-order chi connectivity index (χ1) is 10.7. The monoisotopic (exact) mass is 405 g/mol. The van der Waals surface area contributed by atoms with Crippen LogP contribution in [0.5, 0.6) is 0 Å². The number of amides is 1. The van der Waals surface area contributed by atoms with E-state index in [2.05, 4.69) is 34.7 Å². The highest BCUT2D eigenvalue weighted by atomic mass is 127. The van der Waals surface area contributed by atoms with E-state index in [9.17, 15) is 4.79 Å². The fourth-order valence-corrected chi connectivity index (χ4v) is 3.47. The molecule has 1 aliphatic rings. The van der Waals surface area contributed by atoms with E-state index in [0.29, 0.717) is 6.61 Å². The van der Waals surface area contributed by atoms with Crippen LogP contribution in [0.25, 0.3) is 6.08 Å². The number of hydrogen-bond acceptors (Lipinski definition) is 2. The van der Waals surface area contributed by atoms with Gasteiger partial charge in [-0.3, -0.25) is 4.90 Å². The van der Waals surface area contributed by atoms with Crippen LogP contribution in [0.2, 0.25) is 0 Å². The highest BCUT2D eigenvalue weighted by Crippen LogP contribution is 2.27. The van der Waals surface area contributed by atoms with Gasteiger partial charge in [0.2, 0.25) is 0 Å². The lowest BCUT2D eigenvalue weighted by Gasteiger charge is -2.21. The molecule has 2 aromatic rings. The predicted molar refractivity (Wildman–Crippen MR) is 95.6 cm³/mol. The highest BCUT2D eigenvalue weighted by Gasteiger charge is 2.34. The molecule has 1 amide bonds. The third-order valence-electron chi connectivity index (χ3n) is 3.59. The van der Waals surface area contributed by atoms with E-state index in [-0.39, 0.29) is 12.1 Å². The first-order valence-corrected chi connectivity index (χ1v) is 8.24. The van der Waals surface area contributed by atoms with E-state index in [1.165, 1.54) is 5.56 Å². The lowest BCUT2D eigenvalue weighted by molar-refractivity contribution is 0.166. The lowest BCUT2D eigenvalue weighted by Crippen LogP contribution is -2.32. The number of halogens is 1. The van der Waals surface area contributed by atoms with Crippen molar-refractivity contribution in [1.82, 2.24) is 4.90 Å². The molecule has 1 fully saturated rings. The molecule has 22 heavy (non-hydrogen) atoms. The van der Waals surface area contributed by atoms with Crippen LogP contribution < -0.4 is 0 Å². The number of rotatable bonds is 4. The van der Waals surface area contributed by atoms with Crippen molar-refractivity contribution in [3.63, 3.8) is 0 Å². The van der Waals surface area contributed by atoms with Gasteiger partial charge in [0.25, 0.3) is 0 Å². The van der Waals surface area contributed by atoms with Crippen LogP contribution in [0.3, 0.4) is 0 Å². The van der Waals surface area contributed by atoms with Crippen LogP contribution in [0.1, 0.15) is 11.1 Å². The Kier molecular flexibility index (Phi) is 4.77. The molecule has 3 nitrogen and oxygen atoms in total. The van der Waals surface area contributed by atoms with Crippen LogP contribution in [-0.2, 0) is 11.2 Å². The van der Waals surface area contributed by atoms with Crippen LogP contribution in [0.15, 0.2) is 64.4 Å². The zero-order valence-corrected chi connectivity index (χ0v) is 14.1. The van der Waals surface area contributed by atoms with Crippen LogP contribution in [-0.4, -0.2) is 23.6 Å². The third-order valence-corrected chi connectivity index (χ3v) is 4.42. The molecule has 1 saturated heterocycles. The van der Waals surface area contributed by atoms with Crippen molar-refractivity contribution in [1.29, 1.82) is 0 Å². The summed E-state index contributed by atoms with van der Waals surface area (Å²) in [4.78, 5) is 13.8. The minimum atomic E-state index is -0.266. The normalized spacial score (nSPS) is 18.4. The highest BCUT2D eigenvalue weighted by molar-refractivity contribution is 14.1. The van der Waals surface area contributed by atoms with Crippen molar-refractivity contribution in [2.75, 3.05) is 6.61 Å². The summed E-state index contributed by atoms with van der Waals surface area (Å²) in [5.41, 5.74) is 2.28. The van der Waals surface area contributed by atoms with Gasteiger partial charge in [0.15, 0.2) is 0 Å². The van der Waals surface area contributed by atoms with Crippen LogP contribution in [0, 0.1) is 0 Å². The van der Waals surface area contributed by atoms with Gasteiger partial charge in [-0.25, -0.2) is 4.79 Å². The summed E-state index contributed by atoms with van der Waals surface area (Å²) in [5, 5.41) is 0. The maximum Gasteiger partial charge on any atom is 0.415 e. The molecule has 2 aromatic carbocycles. The zero-order chi connectivity index (χ0) is 15.4. The first kappa shape index (κ1) is 15.1. The Morgan fingerprint density at radius 2 is 1.77 bits per heavy atom. The average Bonchev–Trinajstić information content (AvgIpc) is 2.90. The number of hydrogen-bond donors (Lipinski definition) is 0. The smallest absolute Gasteiger partial charge is 0.415 e. The van der Waals surface area contributed by atoms with E-state index in [1.807, 2.05) is 54.6 Å². The van der Waals surface area contributed by atoms with E-state index < -0.39 is 0 Å². The molecule has 4 heteroatoms. The molecular weight excluding hydrogens is 389 g/mol. The molecule has 3 rings (SSSR count). The van der Waals surface area contributed by atoms with E-state index >= 15 is 0 Å². The van der Waals surface area contributed by atoms with Crippen molar-refractivity contribution < 1.29 is 9.53 Å². The third kappa shape index (κ3) is 3.50. The minimum Gasteiger partial charge on any atom is -0.447 e. The van der Waals surface area contributed by atoms with Crippen molar-refractivity contribution in [3.05, 3.63) is 75.5 Å². The molecule has 0 unspecified atom stereocenters. The van der Waals surface area contributed by atoms with E-state index in [0.717, 1.165) is 15.7 Å². The van der Waals surface area contributed by atoms with Gasteiger partial charge in [0.1, 0.15) is 6.61 Å². The summed E-state index contributed by atoms with van der Waals surface area (Å²) in [7, 11) is 0. The Morgan fingerprint density at radius 1 is 1.14 bits per heavy atom. The summed E-state index contributed by atoms with van der Waals surface area (Å²) in [6.45, 7) is 0.433. The van der Waals surface area contributed by atoms with Gasteiger partial charge in [-0.05, 0) is 46.2 Å². The summed E-state index contributed by atoms with van der Waals surface area (Å²) >= 11 is 2.21. The summed E-state index contributed by atoms with van der Waals surface area (Å²) in [6.07, 6.45) is 2.53. The van der Waals surface area contributed by atoms with Crippen molar-refractivity contribution in [3.8, 4) is 0 Å². The van der Waals surface area contributed by atoms with Gasteiger partial charge in [0.05, 0.1) is 9.75 Å². The second kappa shape index (κ2) is 6.96. The number of ether oxygens (including phenoxy) is 1. The molecule has 0 aromatic heterocycles. The minimum absolute atomic E-state index is 0.0433. The molecule has 0 spiro atoms. The summed E-state index contributed by atoms with van der Waals surface area (Å²) in [5.74, 6) is 0. The van der Waals surface area contributed by atoms with Crippen LogP contribution in [0.4, 0.5) is 4.79 Å². The molecule has 1 atom stereocenters. The molecule has 0 aliphatic carbocycles. The Bertz CT molecular complexity index is 670. The van der Waals surface area contributed by atoms with Gasteiger partial charge >= 0.3 is 6.09 Å². The van der Waals surface area contributed by atoms with Crippen LogP contribution >= 0.6 is 22.6 Å². The molecule has 0 N–H and O–H groups in total. The van der Waals surface area contributed by atoms with E-state index in [4.69, 9.17) is 4.74 Å². The average molecular weight is 405 g/mol. The van der Waals surface area contributed by atoms with Crippen molar-refractivity contribution in [2.24, 2.45) is 0 Å². The fourth-order valence-electron chi connectivity index (χ4n) is 2.51. The number of nitrogens with zero attached hydrogens (tertiary/aromatic N) is 1. The van der Waals surface area contributed by atoms with E-state index in [1.54, 1.807) is 4.90 Å². The van der Waals surface area contributed by atoms with Crippen molar-refractivity contribution >= 4 is 34.8 Å². The molecule has 0 radical (unpaired) electrons. The number of carbonyl (C=O) groups is 1. The molecule has 112 valence electrons. The fraction of sp³-hybridized carbons (Fsp3) is 0.167. The second-order valence-corrected chi connectivity index (χ2v) is 6.27. The predicted octanol–water partition coefficient (Wildman–Crippen LogP) is 4.48. The van der Waals surface area contributed by atoms with Gasteiger partial charge in [-0.15, -0.1) is 0 Å². The Hall–Kier alpha value is -1.82. The Morgan fingerprint density at radius 3 is 2.45 bits per heavy atom. The quantitative estimate of drug-likeness (QED) is 0.555. The molecule has 0 bridgehead atoms. The van der Waals surface area contributed by atoms with Gasteiger partial charge in [-0.2, -0.15) is 0 Å². The zero-order valence-electron chi connectivity index (χ0n) is 12.0. The number of carbonyl (C=O) groups excluding carboxylic acids is 1. The standard InChI is InChI=1S/C18H16INO2/c19-17(12-15-9-5-2-6-10-15)20-16(13-22-18(20)21)11-14-7-3-1-4-8-14/h1-10,12,16H,11,13H2/b17-12+/t16-/m1/s1. The van der Waals surface area contributed by atoms with Crippen molar-refractivity contribution in [2.45, 2.75) is 12.5 Å². The SMILES string of the molecule is O=C1OC[C@@H](Cc2ccccc2)N1/C(I)=C/c1ccccc1. The largest absolute Gasteiger partial charge is 0.447 e. The Balaban J connectivity index is 1.80. The second-order valence-electron chi connectivity index (χ2n) is 5.17. The molecule has 0 saturated carbocycles.